The van der Waals surface area contributed by atoms with Crippen molar-refractivity contribution in [2.24, 2.45) is 5.92 Å². The van der Waals surface area contributed by atoms with E-state index in [2.05, 4.69) is 4.90 Å². The second kappa shape index (κ2) is 10.3. The molecule has 7 nitrogen and oxygen atoms in total. The predicted octanol–water partition coefficient (Wildman–Crippen LogP) is 3.80. The Morgan fingerprint density at radius 3 is 2.62 bits per heavy atom. The van der Waals surface area contributed by atoms with Crippen molar-refractivity contribution in [3.05, 3.63) is 59.7 Å². The number of carbonyl (C=O) groups is 1. The van der Waals surface area contributed by atoms with Crippen LogP contribution >= 0.6 is 7.60 Å². The van der Waals surface area contributed by atoms with E-state index in [-0.39, 0.29) is 23.9 Å². The average Bonchev–Trinajstić information content (AvgIpc) is 2.76. The van der Waals surface area contributed by atoms with Gasteiger partial charge in [0.25, 0.3) is 0 Å². The van der Waals surface area contributed by atoms with E-state index in [4.69, 9.17) is 14.0 Å². The van der Waals surface area contributed by atoms with E-state index in [1.807, 2.05) is 25.2 Å². The van der Waals surface area contributed by atoms with Crippen LogP contribution in [0.2, 0.25) is 0 Å². The van der Waals surface area contributed by atoms with Gasteiger partial charge in [0, 0.05) is 31.3 Å². The van der Waals surface area contributed by atoms with Crippen LogP contribution in [-0.4, -0.2) is 44.3 Å². The van der Waals surface area contributed by atoms with Gasteiger partial charge < -0.3 is 23.8 Å². The summed E-state index contributed by atoms with van der Waals surface area (Å²) in [5.41, 5.74) is 2.98. The monoisotopic (exact) mass is 459 g/mol. The minimum absolute atomic E-state index is 0.0780. The highest BCUT2D eigenvalue weighted by molar-refractivity contribution is 7.61. The molecular weight excluding hydrogens is 429 g/mol. The summed E-state index contributed by atoms with van der Waals surface area (Å²) in [5, 5.41) is 0.214. The molecule has 0 aliphatic carbocycles. The molecule has 1 aliphatic heterocycles. The van der Waals surface area contributed by atoms with E-state index in [0.29, 0.717) is 5.56 Å². The van der Waals surface area contributed by atoms with Gasteiger partial charge in [-0.25, -0.2) is 4.79 Å². The van der Waals surface area contributed by atoms with Gasteiger partial charge in [0.05, 0.1) is 25.1 Å². The maximum Gasteiger partial charge on any atom is 0.358 e. The molecule has 3 rings (SSSR count). The van der Waals surface area contributed by atoms with Gasteiger partial charge in [-0.05, 0) is 67.8 Å². The number of ether oxygens (including phenoxy) is 2. The molecule has 32 heavy (non-hydrogen) atoms. The van der Waals surface area contributed by atoms with Crippen molar-refractivity contribution in [1.82, 2.24) is 0 Å². The van der Waals surface area contributed by atoms with E-state index in [9.17, 15) is 14.3 Å². The standard InChI is InChI=1S/C24H30NO6P/c1-17(2)31-24(26)12-7-18-5-9-22(10-6-18)32(27,28)30-16-19-13-20-14-21(29-4)8-11-23(20)25(3)15-19/h5-12,14,17,19H,13,15-16H2,1-4H3,(H,27,28)/b12-7+. The molecule has 0 bridgehead atoms. The zero-order valence-corrected chi connectivity index (χ0v) is 19.7. The number of benzene rings is 2. The first-order valence-electron chi connectivity index (χ1n) is 10.5. The van der Waals surface area contributed by atoms with Gasteiger partial charge in [-0.3, -0.25) is 4.57 Å². The molecule has 1 aliphatic rings. The van der Waals surface area contributed by atoms with E-state index in [0.717, 1.165) is 30.0 Å². The third kappa shape index (κ3) is 6.22. The fourth-order valence-corrected chi connectivity index (χ4v) is 4.78. The Balaban J connectivity index is 1.61. The number of hydrogen-bond donors (Lipinski definition) is 1. The quantitative estimate of drug-likeness (QED) is 0.365. The Morgan fingerprint density at radius 2 is 1.97 bits per heavy atom. The molecule has 1 heterocycles. The summed E-state index contributed by atoms with van der Waals surface area (Å²) in [6.45, 7) is 4.45. The van der Waals surface area contributed by atoms with Crippen molar-refractivity contribution in [1.29, 1.82) is 0 Å². The highest BCUT2D eigenvalue weighted by atomic mass is 31.2. The summed E-state index contributed by atoms with van der Waals surface area (Å²) >= 11 is 0. The van der Waals surface area contributed by atoms with Gasteiger partial charge in [0.15, 0.2) is 0 Å². The third-order valence-corrected chi connectivity index (χ3v) is 6.66. The second-order valence-corrected chi connectivity index (χ2v) is 9.99. The van der Waals surface area contributed by atoms with E-state index >= 15 is 0 Å². The van der Waals surface area contributed by atoms with Crippen LogP contribution < -0.4 is 14.9 Å². The molecule has 0 amide bonds. The number of rotatable bonds is 8. The van der Waals surface area contributed by atoms with Crippen molar-refractivity contribution in [3.8, 4) is 5.75 Å². The molecule has 2 aromatic carbocycles. The van der Waals surface area contributed by atoms with Crippen LogP contribution in [0.4, 0.5) is 5.69 Å². The molecule has 2 atom stereocenters. The van der Waals surface area contributed by atoms with Crippen LogP contribution in [0.25, 0.3) is 6.08 Å². The minimum atomic E-state index is -3.97. The molecule has 0 aromatic heterocycles. The van der Waals surface area contributed by atoms with E-state index < -0.39 is 13.6 Å². The Morgan fingerprint density at radius 1 is 1.25 bits per heavy atom. The molecule has 0 saturated heterocycles. The van der Waals surface area contributed by atoms with Crippen LogP contribution in [0.5, 0.6) is 5.75 Å². The third-order valence-electron chi connectivity index (χ3n) is 5.21. The lowest BCUT2D eigenvalue weighted by atomic mass is 9.93. The average molecular weight is 459 g/mol. The molecule has 8 heteroatoms. The van der Waals surface area contributed by atoms with Gasteiger partial charge in [0.2, 0.25) is 0 Å². The van der Waals surface area contributed by atoms with Crippen LogP contribution in [0.1, 0.15) is 25.0 Å². The zero-order valence-electron chi connectivity index (χ0n) is 18.9. The fraction of sp³-hybridized carbons (Fsp3) is 0.375. The minimum Gasteiger partial charge on any atom is -0.497 e. The summed E-state index contributed by atoms with van der Waals surface area (Å²) in [4.78, 5) is 24.2. The van der Waals surface area contributed by atoms with Crippen molar-refractivity contribution in [2.75, 3.05) is 32.2 Å². The van der Waals surface area contributed by atoms with Gasteiger partial charge in [-0.2, -0.15) is 0 Å². The molecule has 0 fully saturated rings. The van der Waals surface area contributed by atoms with E-state index in [1.54, 1.807) is 51.3 Å². The van der Waals surface area contributed by atoms with E-state index in [1.165, 1.54) is 6.08 Å². The largest absolute Gasteiger partial charge is 0.497 e. The lowest BCUT2D eigenvalue weighted by Gasteiger charge is -2.33. The molecule has 0 radical (unpaired) electrons. The van der Waals surface area contributed by atoms with Gasteiger partial charge in [-0.1, -0.05) is 12.1 Å². The fourth-order valence-electron chi connectivity index (χ4n) is 3.69. The number of carbonyl (C=O) groups excluding carboxylic acids is 1. The highest BCUT2D eigenvalue weighted by Gasteiger charge is 2.28. The zero-order chi connectivity index (χ0) is 23.3. The first kappa shape index (κ1) is 24.1. The topological polar surface area (TPSA) is 85.3 Å². The molecule has 2 unspecified atom stereocenters. The predicted molar refractivity (Wildman–Crippen MR) is 126 cm³/mol. The SMILES string of the molecule is COc1ccc2c(c1)CC(COP(=O)(O)c1ccc(/C=C/C(=O)OC(C)C)cc1)CN2C. The van der Waals surface area contributed by atoms with Gasteiger partial charge >= 0.3 is 13.6 Å². The number of anilines is 1. The number of hydrogen-bond acceptors (Lipinski definition) is 6. The summed E-state index contributed by atoms with van der Waals surface area (Å²) < 4.78 is 28.7. The lowest BCUT2D eigenvalue weighted by molar-refractivity contribution is -0.141. The van der Waals surface area contributed by atoms with Crippen molar-refractivity contribution < 1.29 is 28.3 Å². The Labute approximate surface area is 189 Å². The smallest absolute Gasteiger partial charge is 0.358 e. The van der Waals surface area contributed by atoms with Crippen LogP contribution in [-0.2, 0) is 25.0 Å². The summed E-state index contributed by atoms with van der Waals surface area (Å²) in [6.07, 6.45) is 3.48. The maximum absolute atomic E-state index is 12.8. The first-order chi connectivity index (χ1) is 15.2. The normalized spacial score (nSPS) is 17.8. The summed E-state index contributed by atoms with van der Waals surface area (Å²) in [7, 11) is -0.333. The Hall–Kier alpha value is -2.60. The maximum atomic E-state index is 12.8. The number of nitrogens with zero attached hydrogens (tertiary/aromatic N) is 1. The second-order valence-electron chi connectivity index (χ2n) is 8.17. The molecule has 1 N–H and O–H groups in total. The van der Waals surface area contributed by atoms with Crippen LogP contribution in [0.3, 0.4) is 0 Å². The summed E-state index contributed by atoms with van der Waals surface area (Å²) in [6, 6.07) is 12.4. The number of fused-ring (bicyclic) bond motifs is 1. The molecule has 2 aromatic rings. The van der Waals surface area contributed by atoms with Gasteiger partial charge in [-0.15, -0.1) is 0 Å². The molecule has 0 saturated carbocycles. The van der Waals surface area contributed by atoms with Crippen molar-refractivity contribution in [3.63, 3.8) is 0 Å². The number of methoxy groups -OCH3 is 1. The van der Waals surface area contributed by atoms with Crippen LogP contribution in [0, 0.1) is 5.92 Å². The molecule has 0 spiro atoms. The van der Waals surface area contributed by atoms with Crippen LogP contribution in [0.15, 0.2) is 48.5 Å². The van der Waals surface area contributed by atoms with Gasteiger partial charge in [0.1, 0.15) is 5.75 Å². The Kier molecular flexibility index (Phi) is 7.77. The lowest BCUT2D eigenvalue weighted by Crippen LogP contribution is -2.34. The summed E-state index contributed by atoms with van der Waals surface area (Å²) in [5.74, 6) is 0.435. The molecular formula is C24H30NO6P. The Bertz CT molecular complexity index is 1020. The highest BCUT2D eigenvalue weighted by Crippen LogP contribution is 2.42. The number of esters is 1. The van der Waals surface area contributed by atoms with Crippen molar-refractivity contribution in [2.45, 2.75) is 26.4 Å². The first-order valence-corrected chi connectivity index (χ1v) is 12.1. The van der Waals surface area contributed by atoms with Crippen molar-refractivity contribution >= 4 is 30.6 Å². The molecule has 172 valence electrons.